The lowest BCUT2D eigenvalue weighted by Crippen LogP contribution is -2.25. The molecule has 0 fully saturated rings. The van der Waals surface area contributed by atoms with Crippen LogP contribution in [0.4, 0.5) is 11.5 Å². The highest BCUT2D eigenvalue weighted by atomic mass is 15.4. The number of hydrogen-bond acceptors (Lipinski definition) is 4. The molecule has 5 heteroatoms. The number of anilines is 2. The van der Waals surface area contributed by atoms with Crippen molar-refractivity contribution >= 4 is 11.5 Å². The summed E-state index contributed by atoms with van der Waals surface area (Å²) >= 11 is 0. The molecule has 0 unspecified atom stereocenters. The summed E-state index contributed by atoms with van der Waals surface area (Å²) in [6.45, 7) is 5.36. The van der Waals surface area contributed by atoms with Crippen molar-refractivity contribution in [3.05, 3.63) is 41.1 Å². The van der Waals surface area contributed by atoms with Crippen LogP contribution in [0.1, 0.15) is 23.7 Å². The van der Waals surface area contributed by atoms with Gasteiger partial charge in [-0.2, -0.15) is 10.4 Å². The summed E-state index contributed by atoms with van der Waals surface area (Å²) in [5, 5.41) is 13.7. The monoisotopic (exact) mass is 269 g/mol. The largest absolute Gasteiger partial charge is 0.398 e. The molecule has 1 aromatic heterocycles. The van der Waals surface area contributed by atoms with Crippen LogP contribution in [-0.4, -0.2) is 16.3 Å². The molecule has 104 valence electrons. The summed E-state index contributed by atoms with van der Waals surface area (Å²) in [4.78, 5) is 2.12. The normalized spacial score (nSPS) is 10.3. The minimum Gasteiger partial charge on any atom is -0.398 e. The van der Waals surface area contributed by atoms with E-state index in [-0.39, 0.29) is 0 Å². The summed E-state index contributed by atoms with van der Waals surface area (Å²) in [5.41, 5.74) is 9.20. The van der Waals surface area contributed by atoms with E-state index in [0.717, 1.165) is 29.3 Å². The number of nitrogen functional groups attached to an aromatic ring is 1. The average Bonchev–Trinajstić information content (AvgIpc) is 2.72. The maximum atomic E-state index is 9.32. The van der Waals surface area contributed by atoms with Crippen molar-refractivity contribution in [1.82, 2.24) is 9.78 Å². The standard InChI is InChI=1S/C15H19N5/c1-4-20(10-12-7-5-6-8-14(12)17)15-13(9-16)11(2)18-19(15)3/h5-8H,4,10,17H2,1-3H3. The van der Waals surface area contributed by atoms with Gasteiger partial charge in [-0.3, -0.25) is 4.68 Å². The Morgan fingerprint density at radius 2 is 2.10 bits per heavy atom. The summed E-state index contributed by atoms with van der Waals surface area (Å²) in [7, 11) is 1.86. The molecule has 20 heavy (non-hydrogen) atoms. The Hall–Kier alpha value is -2.48. The maximum Gasteiger partial charge on any atom is 0.145 e. The first kappa shape index (κ1) is 13.9. The zero-order valence-corrected chi connectivity index (χ0v) is 12.1. The molecular formula is C15H19N5. The van der Waals surface area contributed by atoms with E-state index in [0.29, 0.717) is 12.1 Å². The Kier molecular flexibility index (Phi) is 3.94. The molecule has 0 atom stereocenters. The van der Waals surface area contributed by atoms with Crippen molar-refractivity contribution in [1.29, 1.82) is 5.26 Å². The third-order valence-electron chi connectivity index (χ3n) is 3.40. The quantitative estimate of drug-likeness (QED) is 0.864. The molecule has 2 rings (SSSR count). The molecule has 2 N–H and O–H groups in total. The van der Waals surface area contributed by atoms with Gasteiger partial charge in [-0.05, 0) is 25.5 Å². The second-order valence-electron chi connectivity index (χ2n) is 4.73. The van der Waals surface area contributed by atoms with Gasteiger partial charge in [-0.15, -0.1) is 0 Å². The molecular weight excluding hydrogens is 250 g/mol. The molecule has 0 radical (unpaired) electrons. The number of benzene rings is 1. The molecule has 0 spiro atoms. The molecule has 0 aliphatic carbocycles. The van der Waals surface area contributed by atoms with Crippen molar-refractivity contribution in [2.75, 3.05) is 17.2 Å². The first-order chi connectivity index (χ1) is 9.58. The third-order valence-corrected chi connectivity index (χ3v) is 3.40. The molecule has 2 aromatic rings. The number of hydrogen-bond donors (Lipinski definition) is 1. The van der Waals surface area contributed by atoms with Gasteiger partial charge in [0, 0.05) is 25.8 Å². The van der Waals surface area contributed by atoms with Gasteiger partial charge in [-0.1, -0.05) is 18.2 Å². The summed E-state index contributed by atoms with van der Waals surface area (Å²) < 4.78 is 1.76. The predicted molar refractivity (Wildman–Crippen MR) is 80.2 cm³/mol. The fourth-order valence-corrected chi connectivity index (χ4v) is 2.36. The lowest BCUT2D eigenvalue weighted by atomic mass is 10.1. The Bertz CT molecular complexity index is 651. The van der Waals surface area contributed by atoms with Gasteiger partial charge in [0.05, 0.1) is 5.69 Å². The number of aromatic nitrogens is 2. The van der Waals surface area contributed by atoms with Crippen LogP contribution < -0.4 is 10.6 Å². The van der Waals surface area contributed by atoms with Crippen molar-refractivity contribution in [3.63, 3.8) is 0 Å². The molecule has 0 saturated carbocycles. The summed E-state index contributed by atoms with van der Waals surface area (Å²) in [6, 6.07) is 10.0. The molecule has 1 heterocycles. The topological polar surface area (TPSA) is 70.9 Å². The lowest BCUT2D eigenvalue weighted by Gasteiger charge is -2.24. The first-order valence-electron chi connectivity index (χ1n) is 6.60. The van der Waals surface area contributed by atoms with E-state index in [2.05, 4.69) is 23.0 Å². The Balaban J connectivity index is 2.40. The van der Waals surface area contributed by atoms with Gasteiger partial charge < -0.3 is 10.6 Å². The number of aryl methyl sites for hydroxylation is 2. The highest BCUT2D eigenvalue weighted by Crippen LogP contribution is 2.25. The van der Waals surface area contributed by atoms with Gasteiger partial charge in [0.1, 0.15) is 17.5 Å². The van der Waals surface area contributed by atoms with E-state index >= 15 is 0 Å². The minimum absolute atomic E-state index is 0.629. The predicted octanol–water partition coefficient (Wildman–Crippen LogP) is 2.21. The fraction of sp³-hybridized carbons (Fsp3) is 0.333. The third kappa shape index (κ3) is 2.45. The van der Waals surface area contributed by atoms with Crippen molar-refractivity contribution in [2.45, 2.75) is 20.4 Å². The van der Waals surface area contributed by atoms with E-state index in [1.165, 1.54) is 0 Å². The molecule has 1 aromatic carbocycles. The van der Waals surface area contributed by atoms with E-state index in [1.807, 2.05) is 38.2 Å². The molecule has 0 amide bonds. The number of nitrogens with zero attached hydrogens (tertiary/aromatic N) is 4. The molecule has 0 bridgehead atoms. The van der Waals surface area contributed by atoms with Gasteiger partial charge in [0.25, 0.3) is 0 Å². The van der Waals surface area contributed by atoms with Crippen LogP contribution in [0, 0.1) is 18.3 Å². The zero-order valence-electron chi connectivity index (χ0n) is 12.1. The molecule has 0 aliphatic heterocycles. The number of para-hydroxylation sites is 1. The van der Waals surface area contributed by atoms with Crippen LogP contribution >= 0.6 is 0 Å². The van der Waals surface area contributed by atoms with E-state index < -0.39 is 0 Å². The van der Waals surface area contributed by atoms with Crippen LogP contribution in [0.5, 0.6) is 0 Å². The van der Waals surface area contributed by atoms with Crippen LogP contribution in [0.15, 0.2) is 24.3 Å². The second-order valence-corrected chi connectivity index (χ2v) is 4.73. The highest BCUT2D eigenvalue weighted by molar-refractivity contribution is 5.58. The number of nitriles is 1. The van der Waals surface area contributed by atoms with Gasteiger partial charge in [0.15, 0.2) is 0 Å². The molecule has 0 saturated heterocycles. The van der Waals surface area contributed by atoms with Crippen LogP contribution in [0.3, 0.4) is 0 Å². The second kappa shape index (κ2) is 5.66. The SMILES string of the molecule is CCN(Cc1ccccc1N)c1c(C#N)c(C)nn1C. The van der Waals surface area contributed by atoms with Crippen molar-refractivity contribution in [3.8, 4) is 6.07 Å². The van der Waals surface area contributed by atoms with Crippen LogP contribution in [0.25, 0.3) is 0 Å². The summed E-state index contributed by atoms with van der Waals surface area (Å²) in [5.74, 6) is 0.843. The first-order valence-corrected chi connectivity index (χ1v) is 6.60. The average molecular weight is 269 g/mol. The zero-order chi connectivity index (χ0) is 14.7. The van der Waals surface area contributed by atoms with Gasteiger partial charge >= 0.3 is 0 Å². The Morgan fingerprint density at radius 1 is 1.40 bits per heavy atom. The Morgan fingerprint density at radius 3 is 2.70 bits per heavy atom. The van der Waals surface area contributed by atoms with E-state index in [1.54, 1.807) is 4.68 Å². The molecule has 5 nitrogen and oxygen atoms in total. The van der Waals surface area contributed by atoms with Crippen LogP contribution in [0.2, 0.25) is 0 Å². The van der Waals surface area contributed by atoms with Crippen molar-refractivity contribution < 1.29 is 0 Å². The Labute approximate surface area is 119 Å². The highest BCUT2D eigenvalue weighted by Gasteiger charge is 2.19. The number of rotatable bonds is 4. The smallest absolute Gasteiger partial charge is 0.145 e. The fourth-order valence-electron chi connectivity index (χ4n) is 2.36. The van der Waals surface area contributed by atoms with E-state index in [4.69, 9.17) is 5.73 Å². The van der Waals surface area contributed by atoms with Gasteiger partial charge in [0.2, 0.25) is 0 Å². The summed E-state index contributed by atoms with van der Waals surface area (Å²) in [6.07, 6.45) is 0. The van der Waals surface area contributed by atoms with Gasteiger partial charge in [-0.25, -0.2) is 0 Å². The van der Waals surface area contributed by atoms with E-state index in [9.17, 15) is 5.26 Å². The molecule has 0 aliphatic rings. The lowest BCUT2D eigenvalue weighted by molar-refractivity contribution is 0.705. The van der Waals surface area contributed by atoms with Crippen LogP contribution in [-0.2, 0) is 13.6 Å². The minimum atomic E-state index is 0.629. The maximum absolute atomic E-state index is 9.32. The van der Waals surface area contributed by atoms with Crippen molar-refractivity contribution in [2.24, 2.45) is 7.05 Å². The number of nitrogens with two attached hydrogens (primary N) is 1.